The van der Waals surface area contributed by atoms with Crippen LogP contribution in [0.1, 0.15) is 13.8 Å². The van der Waals surface area contributed by atoms with Gasteiger partial charge >= 0.3 is 19.5 Å². The predicted octanol–water partition coefficient (Wildman–Crippen LogP) is -1.38. The quantitative estimate of drug-likeness (QED) is 0.465. The van der Waals surface area contributed by atoms with Gasteiger partial charge in [0.1, 0.15) is 0 Å². The van der Waals surface area contributed by atoms with Crippen molar-refractivity contribution >= 4 is 0 Å². The fourth-order valence-electron chi connectivity index (χ4n) is 0.167. The summed E-state index contributed by atoms with van der Waals surface area (Å²) in [5.41, 5.74) is 0. The van der Waals surface area contributed by atoms with E-state index in [0.717, 1.165) is 0 Å². The van der Waals surface area contributed by atoms with Crippen LogP contribution in [0, 0.1) is 0 Å². The molecule has 0 N–H and O–H groups in total. The SMILES string of the molecule is COC(C)([O-])OC.COC(C)([O-])OC.[Zn+2]. The summed E-state index contributed by atoms with van der Waals surface area (Å²) in [5.74, 6) is -3.33. The Morgan fingerprint density at radius 3 is 0.800 bits per heavy atom. The van der Waals surface area contributed by atoms with E-state index in [-0.39, 0.29) is 19.5 Å². The molecular weight excluding hydrogens is 257 g/mol. The summed E-state index contributed by atoms with van der Waals surface area (Å²) in [6.07, 6.45) is 0. The summed E-state index contributed by atoms with van der Waals surface area (Å²) in [6, 6.07) is 0. The molecule has 0 aliphatic heterocycles. The van der Waals surface area contributed by atoms with Crippen LogP contribution in [0.25, 0.3) is 0 Å². The van der Waals surface area contributed by atoms with E-state index in [1.165, 1.54) is 42.3 Å². The molecule has 0 saturated carbocycles. The van der Waals surface area contributed by atoms with Crippen LogP contribution in [-0.2, 0) is 38.4 Å². The first-order chi connectivity index (χ1) is 6.24. The second-order valence-corrected chi connectivity index (χ2v) is 2.54. The summed E-state index contributed by atoms with van der Waals surface area (Å²) in [4.78, 5) is 0. The molecule has 0 aliphatic rings. The number of hydrogen-bond acceptors (Lipinski definition) is 6. The maximum absolute atomic E-state index is 10.4. The van der Waals surface area contributed by atoms with Gasteiger partial charge in [-0.2, -0.15) is 0 Å². The van der Waals surface area contributed by atoms with Crippen molar-refractivity contribution in [3.8, 4) is 0 Å². The molecule has 6 nitrogen and oxygen atoms in total. The summed E-state index contributed by atoms with van der Waals surface area (Å²) in [7, 11) is 5.21. The van der Waals surface area contributed by atoms with Gasteiger partial charge < -0.3 is 29.2 Å². The average Bonchev–Trinajstić information content (AvgIpc) is 2.19. The van der Waals surface area contributed by atoms with Crippen molar-refractivity contribution in [2.45, 2.75) is 25.8 Å². The van der Waals surface area contributed by atoms with Crippen LogP contribution in [0.15, 0.2) is 0 Å². The minimum absolute atomic E-state index is 0. The molecule has 0 bridgehead atoms. The predicted molar refractivity (Wildman–Crippen MR) is 44.8 cm³/mol. The number of rotatable bonds is 4. The van der Waals surface area contributed by atoms with Gasteiger partial charge in [0.05, 0.1) is 11.9 Å². The molecule has 15 heavy (non-hydrogen) atoms. The topological polar surface area (TPSA) is 83.0 Å². The third-order valence-corrected chi connectivity index (χ3v) is 1.48. The van der Waals surface area contributed by atoms with Crippen molar-refractivity contribution < 1.29 is 48.6 Å². The molecule has 88 valence electrons. The Balaban J connectivity index is -0.000000180. The first-order valence-corrected chi connectivity index (χ1v) is 3.86. The molecule has 0 aromatic rings. The van der Waals surface area contributed by atoms with Crippen LogP contribution in [-0.4, -0.2) is 40.4 Å². The van der Waals surface area contributed by atoms with Crippen molar-refractivity contribution in [2.75, 3.05) is 28.4 Å². The molecule has 0 aromatic heterocycles. The van der Waals surface area contributed by atoms with Crippen molar-refractivity contribution in [1.29, 1.82) is 0 Å². The second-order valence-electron chi connectivity index (χ2n) is 2.54. The Hall–Kier alpha value is 0.383. The van der Waals surface area contributed by atoms with Crippen molar-refractivity contribution in [1.82, 2.24) is 0 Å². The molecule has 0 saturated heterocycles. The Labute approximate surface area is 103 Å². The second kappa shape index (κ2) is 9.60. The van der Waals surface area contributed by atoms with E-state index in [1.807, 2.05) is 0 Å². The Kier molecular flexibility index (Phi) is 13.3. The van der Waals surface area contributed by atoms with Gasteiger partial charge in [-0.25, -0.2) is 0 Å². The van der Waals surface area contributed by atoms with Crippen LogP contribution in [0.2, 0.25) is 0 Å². The van der Waals surface area contributed by atoms with Gasteiger partial charge in [-0.15, -0.1) is 0 Å². The van der Waals surface area contributed by atoms with E-state index in [9.17, 15) is 10.2 Å². The van der Waals surface area contributed by atoms with E-state index in [0.29, 0.717) is 0 Å². The van der Waals surface area contributed by atoms with Gasteiger partial charge in [0.15, 0.2) is 0 Å². The van der Waals surface area contributed by atoms with Crippen molar-refractivity contribution in [2.24, 2.45) is 0 Å². The van der Waals surface area contributed by atoms with Crippen LogP contribution in [0.4, 0.5) is 0 Å². The van der Waals surface area contributed by atoms with E-state index in [2.05, 4.69) is 18.9 Å². The standard InChI is InChI=1S/2C4H9O3.Zn/c2*1-4(5,6-2)7-3;/h2*1-3H3;/q2*-1;+2. The first kappa shape index (κ1) is 20.8. The Bertz CT molecular complexity index is 111. The average molecular weight is 276 g/mol. The summed E-state index contributed by atoms with van der Waals surface area (Å²) in [5, 5.41) is 20.8. The van der Waals surface area contributed by atoms with Gasteiger partial charge in [0, 0.05) is 28.4 Å². The summed E-state index contributed by atoms with van der Waals surface area (Å²) < 4.78 is 17.2. The van der Waals surface area contributed by atoms with Gasteiger partial charge in [0.25, 0.3) is 0 Å². The molecular formula is C8H18O6Zn. The maximum atomic E-state index is 10.4. The molecule has 0 aromatic carbocycles. The van der Waals surface area contributed by atoms with Gasteiger partial charge in [-0.3, -0.25) is 0 Å². The molecule has 0 rings (SSSR count). The molecule has 0 aliphatic carbocycles. The third-order valence-electron chi connectivity index (χ3n) is 1.48. The van der Waals surface area contributed by atoms with Gasteiger partial charge in [0.2, 0.25) is 0 Å². The Morgan fingerprint density at radius 1 is 0.667 bits per heavy atom. The Morgan fingerprint density at radius 2 is 0.800 bits per heavy atom. The first-order valence-electron chi connectivity index (χ1n) is 3.86. The molecule has 0 radical (unpaired) electrons. The van der Waals surface area contributed by atoms with Crippen LogP contribution < -0.4 is 10.2 Å². The number of hydrogen-bond donors (Lipinski definition) is 0. The molecule has 0 unspecified atom stereocenters. The number of ether oxygens (including phenoxy) is 4. The normalized spacial score (nSPS) is 11.2. The molecule has 0 heterocycles. The summed E-state index contributed by atoms with van der Waals surface area (Å²) >= 11 is 0. The smallest absolute Gasteiger partial charge is 0.807 e. The van der Waals surface area contributed by atoms with Crippen LogP contribution in [0.3, 0.4) is 0 Å². The minimum atomic E-state index is -1.67. The monoisotopic (exact) mass is 274 g/mol. The molecule has 0 fully saturated rings. The van der Waals surface area contributed by atoms with E-state index in [4.69, 9.17) is 0 Å². The molecule has 0 spiro atoms. The molecule has 7 heteroatoms. The van der Waals surface area contributed by atoms with Crippen LogP contribution >= 0.6 is 0 Å². The molecule has 0 atom stereocenters. The zero-order valence-corrected chi connectivity index (χ0v) is 13.1. The van der Waals surface area contributed by atoms with Gasteiger partial charge in [-0.1, -0.05) is 0 Å². The van der Waals surface area contributed by atoms with Gasteiger partial charge in [-0.05, 0) is 13.8 Å². The largest absolute Gasteiger partial charge is 2.00 e. The fourth-order valence-corrected chi connectivity index (χ4v) is 0.167. The van der Waals surface area contributed by atoms with Crippen LogP contribution in [0.5, 0.6) is 0 Å². The minimum Gasteiger partial charge on any atom is -0.807 e. The van der Waals surface area contributed by atoms with E-state index < -0.39 is 11.9 Å². The van der Waals surface area contributed by atoms with Crippen molar-refractivity contribution in [3.05, 3.63) is 0 Å². The fraction of sp³-hybridized carbons (Fsp3) is 1.00. The van der Waals surface area contributed by atoms with E-state index >= 15 is 0 Å². The third kappa shape index (κ3) is 14.4. The zero-order chi connectivity index (χ0) is 11.8. The number of methoxy groups -OCH3 is 4. The van der Waals surface area contributed by atoms with E-state index in [1.54, 1.807) is 0 Å². The zero-order valence-electron chi connectivity index (χ0n) is 10.2. The maximum Gasteiger partial charge on any atom is 2.00 e. The van der Waals surface area contributed by atoms with Crippen molar-refractivity contribution in [3.63, 3.8) is 0 Å². The summed E-state index contributed by atoms with van der Waals surface area (Å²) in [6.45, 7) is 2.60. The molecule has 0 amide bonds.